The monoisotopic (exact) mass is 405 g/mol. The number of nitrogens with zero attached hydrogens (tertiary/aromatic N) is 5. The molecule has 0 N–H and O–H groups in total. The molecule has 0 unspecified atom stereocenters. The lowest BCUT2D eigenvalue weighted by atomic mass is 9.83. The zero-order valence-electron chi connectivity index (χ0n) is 17.0. The maximum atomic E-state index is 12.7. The Morgan fingerprint density at radius 2 is 2.13 bits per heavy atom. The minimum atomic E-state index is -0.116. The van der Waals surface area contributed by atoms with Gasteiger partial charge in [0, 0.05) is 31.4 Å². The second-order valence-corrected chi connectivity index (χ2v) is 7.55. The topological polar surface area (TPSA) is 82.4 Å². The summed E-state index contributed by atoms with van der Waals surface area (Å²) in [6.45, 7) is 1.24. The van der Waals surface area contributed by atoms with Gasteiger partial charge in [-0.25, -0.2) is 15.0 Å². The number of ether oxygens (including phenoxy) is 2. The number of morpholine rings is 1. The first-order valence-electron chi connectivity index (χ1n) is 10.1. The lowest BCUT2D eigenvalue weighted by Crippen LogP contribution is -2.51. The number of rotatable bonds is 3. The molecule has 30 heavy (non-hydrogen) atoms. The van der Waals surface area contributed by atoms with Crippen LogP contribution in [0.4, 0.5) is 5.95 Å². The van der Waals surface area contributed by atoms with Gasteiger partial charge >= 0.3 is 0 Å². The Balaban J connectivity index is 1.57. The van der Waals surface area contributed by atoms with E-state index in [1.807, 2.05) is 12.1 Å². The van der Waals surface area contributed by atoms with E-state index in [9.17, 15) is 4.79 Å². The van der Waals surface area contributed by atoms with Crippen molar-refractivity contribution in [1.82, 2.24) is 19.5 Å². The second kappa shape index (κ2) is 7.53. The average molecular weight is 405 g/mol. The molecule has 0 saturated carbocycles. The minimum Gasteiger partial charge on any atom is -0.496 e. The van der Waals surface area contributed by atoms with Crippen molar-refractivity contribution in [2.24, 2.45) is 7.05 Å². The van der Waals surface area contributed by atoms with E-state index in [2.05, 4.69) is 20.9 Å². The molecule has 1 aliphatic carbocycles. The third kappa shape index (κ3) is 3.04. The molecule has 3 aromatic rings. The Hall–Kier alpha value is -3.26. The minimum absolute atomic E-state index is 0.0859. The van der Waals surface area contributed by atoms with Crippen molar-refractivity contribution in [3.63, 3.8) is 0 Å². The predicted octanol–water partition coefficient (Wildman–Crippen LogP) is 2.14. The van der Waals surface area contributed by atoms with Crippen molar-refractivity contribution in [2.45, 2.75) is 25.0 Å². The first-order valence-corrected chi connectivity index (χ1v) is 10.1. The van der Waals surface area contributed by atoms with Crippen LogP contribution < -0.4 is 15.2 Å². The molecule has 0 radical (unpaired) electrons. The van der Waals surface area contributed by atoms with E-state index in [-0.39, 0.29) is 17.7 Å². The molecule has 5 rings (SSSR count). The van der Waals surface area contributed by atoms with Gasteiger partial charge in [-0.05, 0) is 30.5 Å². The highest BCUT2D eigenvalue weighted by atomic mass is 16.5. The fraction of sp³-hybridized carbons (Fsp3) is 0.364. The first-order chi connectivity index (χ1) is 14.7. The number of anilines is 1. The molecular formula is C22H23N5O3. The van der Waals surface area contributed by atoms with Crippen molar-refractivity contribution >= 4 is 5.95 Å². The van der Waals surface area contributed by atoms with Crippen LogP contribution in [-0.4, -0.2) is 45.8 Å². The fourth-order valence-electron chi connectivity index (χ4n) is 4.53. The van der Waals surface area contributed by atoms with Crippen LogP contribution in [0.3, 0.4) is 0 Å². The highest BCUT2D eigenvalue weighted by molar-refractivity contribution is 5.56. The number of hydrogen-bond donors (Lipinski definition) is 0. The standard InChI is InChI=1S/C22H23N5O3/c1-26-20(28)12-17(16-8-9-23-13-24-16)25-22(26)27-10-11-30-21-15-4-3-5-19(29-2)14(15)6-7-18(21)27/h3-5,8-9,12-13,18,21H,6-7,10-11H2,1-2H3/t18-,21-/m0/s1. The zero-order valence-corrected chi connectivity index (χ0v) is 17.0. The van der Waals surface area contributed by atoms with Crippen molar-refractivity contribution < 1.29 is 9.47 Å². The predicted molar refractivity (Wildman–Crippen MR) is 112 cm³/mol. The molecule has 1 aromatic carbocycles. The Kier molecular flexibility index (Phi) is 4.71. The third-order valence-corrected chi connectivity index (χ3v) is 5.98. The molecule has 8 heteroatoms. The normalized spacial score (nSPS) is 20.4. The zero-order chi connectivity index (χ0) is 20.7. The Morgan fingerprint density at radius 3 is 2.93 bits per heavy atom. The largest absolute Gasteiger partial charge is 0.496 e. The molecule has 1 aliphatic heterocycles. The number of benzene rings is 1. The summed E-state index contributed by atoms with van der Waals surface area (Å²) in [5.74, 6) is 1.55. The van der Waals surface area contributed by atoms with Crippen LogP contribution in [0.1, 0.15) is 23.7 Å². The van der Waals surface area contributed by atoms with Gasteiger partial charge in [-0.15, -0.1) is 0 Å². The lowest BCUT2D eigenvalue weighted by Gasteiger charge is -2.45. The van der Waals surface area contributed by atoms with E-state index >= 15 is 0 Å². The number of fused-ring (bicyclic) bond motifs is 3. The summed E-state index contributed by atoms with van der Waals surface area (Å²) in [6.07, 6.45) is 4.81. The molecule has 0 bridgehead atoms. The van der Waals surface area contributed by atoms with Crippen molar-refractivity contribution in [1.29, 1.82) is 0 Å². The third-order valence-electron chi connectivity index (χ3n) is 5.98. The van der Waals surface area contributed by atoms with Gasteiger partial charge in [0.2, 0.25) is 5.95 Å². The Labute approximate surface area is 174 Å². The smallest absolute Gasteiger partial charge is 0.255 e. The van der Waals surface area contributed by atoms with Crippen LogP contribution in [0.2, 0.25) is 0 Å². The van der Waals surface area contributed by atoms with Crippen LogP contribution in [0.15, 0.2) is 47.7 Å². The molecule has 2 aliphatic rings. The molecule has 0 spiro atoms. The Bertz CT molecular complexity index is 1130. The van der Waals surface area contributed by atoms with Crippen LogP contribution in [0, 0.1) is 0 Å². The maximum absolute atomic E-state index is 12.7. The van der Waals surface area contributed by atoms with Gasteiger partial charge < -0.3 is 14.4 Å². The van der Waals surface area contributed by atoms with Gasteiger partial charge in [0.15, 0.2) is 0 Å². The summed E-state index contributed by atoms with van der Waals surface area (Å²) in [5.41, 5.74) is 3.44. The van der Waals surface area contributed by atoms with E-state index < -0.39 is 0 Å². The van der Waals surface area contributed by atoms with Gasteiger partial charge in [-0.1, -0.05) is 12.1 Å². The van der Waals surface area contributed by atoms with E-state index in [4.69, 9.17) is 14.5 Å². The number of aromatic nitrogens is 4. The summed E-state index contributed by atoms with van der Waals surface area (Å²) in [7, 11) is 3.47. The number of methoxy groups -OCH3 is 1. The highest BCUT2D eigenvalue weighted by Gasteiger charge is 2.39. The second-order valence-electron chi connectivity index (χ2n) is 7.55. The SMILES string of the molecule is COc1cccc2c1CC[C@H]1[C@H]2OCCN1c1nc(-c2ccncn2)cc(=O)n1C. The Morgan fingerprint density at radius 1 is 1.23 bits per heavy atom. The first kappa shape index (κ1) is 18.7. The van der Waals surface area contributed by atoms with Gasteiger partial charge in [-0.3, -0.25) is 9.36 Å². The van der Waals surface area contributed by atoms with E-state index in [0.29, 0.717) is 30.5 Å². The van der Waals surface area contributed by atoms with Gasteiger partial charge in [-0.2, -0.15) is 0 Å². The van der Waals surface area contributed by atoms with Crippen LogP contribution in [0.5, 0.6) is 5.75 Å². The molecule has 1 saturated heterocycles. The van der Waals surface area contributed by atoms with Gasteiger partial charge in [0.05, 0.1) is 31.1 Å². The molecule has 0 amide bonds. The van der Waals surface area contributed by atoms with Crippen molar-refractivity contribution in [3.05, 3.63) is 64.3 Å². The maximum Gasteiger partial charge on any atom is 0.255 e. The van der Waals surface area contributed by atoms with Crippen LogP contribution >= 0.6 is 0 Å². The molecule has 3 heterocycles. The summed E-state index contributed by atoms with van der Waals surface area (Å²) in [6, 6.07) is 9.49. The molecule has 8 nitrogen and oxygen atoms in total. The van der Waals surface area contributed by atoms with E-state index in [1.54, 1.807) is 31.0 Å². The summed E-state index contributed by atoms with van der Waals surface area (Å²) in [5, 5.41) is 0. The summed E-state index contributed by atoms with van der Waals surface area (Å²) in [4.78, 5) is 28.0. The van der Waals surface area contributed by atoms with Crippen LogP contribution in [0.25, 0.3) is 11.4 Å². The molecule has 1 fully saturated rings. The van der Waals surface area contributed by atoms with E-state index in [1.165, 1.54) is 18.0 Å². The average Bonchev–Trinajstić information content (AvgIpc) is 2.80. The fourth-order valence-corrected chi connectivity index (χ4v) is 4.53. The lowest BCUT2D eigenvalue weighted by molar-refractivity contribution is 0.00148. The molecule has 154 valence electrons. The molecular weight excluding hydrogens is 382 g/mol. The van der Waals surface area contributed by atoms with Crippen molar-refractivity contribution in [2.75, 3.05) is 25.2 Å². The quantitative estimate of drug-likeness (QED) is 0.660. The van der Waals surface area contributed by atoms with Gasteiger partial charge in [0.1, 0.15) is 18.2 Å². The van der Waals surface area contributed by atoms with Crippen LogP contribution in [-0.2, 0) is 18.2 Å². The van der Waals surface area contributed by atoms with E-state index in [0.717, 1.165) is 24.2 Å². The highest BCUT2D eigenvalue weighted by Crippen LogP contribution is 2.42. The van der Waals surface area contributed by atoms with Gasteiger partial charge in [0.25, 0.3) is 5.56 Å². The summed E-state index contributed by atoms with van der Waals surface area (Å²) < 4.78 is 13.4. The molecule has 2 aromatic heterocycles. The number of hydrogen-bond acceptors (Lipinski definition) is 7. The van der Waals surface area contributed by atoms with Crippen molar-refractivity contribution in [3.8, 4) is 17.1 Å². The summed E-state index contributed by atoms with van der Waals surface area (Å²) >= 11 is 0. The molecule has 2 atom stereocenters.